The number of H-pyrrole nitrogens is 1. The summed E-state index contributed by atoms with van der Waals surface area (Å²) < 4.78 is 1.88. The van der Waals surface area contributed by atoms with Crippen molar-refractivity contribution in [3.05, 3.63) is 71.1 Å². The third-order valence-corrected chi connectivity index (χ3v) is 5.96. The standard InChI is InChI=1S/C20H18ClN5OS/c1-12(28-20-25-22-11-26(20)2)13-5-3-6-14(9-13)23-19(27)18-10-15-16(21)7-4-8-17(15)24-18/h3-12,24H,1-2H3,(H,23,27)/t12-/m0/s1. The Morgan fingerprint density at radius 1 is 1.25 bits per heavy atom. The zero-order chi connectivity index (χ0) is 19.7. The van der Waals surface area contributed by atoms with Crippen molar-refractivity contribution in [1.82, 2.24) is 19.7 Å². The zero-order valence-electron chi connectivity index (χ0n) is 15.3. The molecule has 0 saturated carbocycles. The molecule has 2 aromatic heterocycles. The molecule has 1 amide bonds. The van der Waals surface area contributed by atoms with Crippen LogP contribution in [-0.4, -0.2) is 25.7 Å². The third kappa shape index (κ3) is 3.76. The lowest BCUT2D eigenvalue weighted by atomic mass is 10.1. The average Bonchev–Trinajstić information content (AvgIpc) is 3.29. The van der Waals surface area contributed by atoms with Crippen molar-refractivity contribution in [3.63, 3.8) is 0 Å². The summed E-state index contributed by atoms with van der Waals surface area (Å²) in [6, 6.07) is 15.1. The number of hydrogen-bond donors (Lipinski definition) is 2. The first-order chi connectivity index (χ1) is 13.5. The maximum atomic E-state index is 12.7. The molecule has 2 aromatic carbocycles. The fraction of sp³-hybridized carbons (Fsp3) is 0.150. The van der Waals surface area contributed by atoms with Gasteiger partial charge in [0.05, 0.1) is 0 Å². The summed E-state index contributed by atoms with van der Waals surface area (Å²) in [5.41, 5.74) is 3.12. The summed E-state index contributed by atoms with van der Waals surface area (Å²) in [7, 11) is 1.91. The number of anilines is 1. The van der Waals surface area contributed by atoms with Crippen LogP contribution in [-0.2, 0) is 7.05 Å². The van der Waals surface area contributed by atoms with Crippen LogP contribution in [0.3, 0.4) is 0 Å². The second kappa shape index (κ2) is 7.69. The minimum Gasteiger partial charge on any atom is -0.350 e. The van der Waals surface area contributed by atoms with Gasteiger partial charge in [0.2, 0.25) is 0 Å². The second-order valence-corrected chi connectivity index (χ2v) is 8.16. The summed E-state index contributed by atoms with van der Waals surface area (Å²) in [5.74, 6) is -0.210. The number of aromatic nitrogens is 4. The molecule has 4 rings (SSSR count). The number of carbonyl (C=O) groups excluding carboxylic acids is 1. The fourth-order valence-corrected chi connectivity index (χ4v) is 4.05. The van der Waals surface area contributed by atoms with Crippen LogP contribution in [0, 0.1) is 0 Å². The Kier molecular flexibility index (Phi) is 5.11. The summed E-state index contributed by atoms with van der Waals surface area (Å²) >= 11 is 7.81. The van der Waals surface area contributed by atoms with Gasteiger partial charge in [0, 0.05) is 33.9 Å². The van der Waals surface area contributed by atoms with E-state index in [2.05, 4.69) is 27.4 Å². The number of fused-ring (bicyclic) bond motifs is 1. The Morgan fingerprint density at radius 3 is 2.82 bits per heavy atom. The molecule has 0 bridgehead atoms. The lowest BCUT2D eigenvalue weighted by Gasteiger charge is -2.12. The topological polar surface area (TPSA) is 75.6 Å². The van der Waals surface area contributed by atoms with E-state index in [9.17, 15) is 4.79 Å². The van der Waals surface area contributed by atoms with Gasteiger partial charge in [-0.3, -0.25) is 4.79 Å². The van der Waals surface area contributed by atoms with Gasteiger partial charge in [-0.2, -0.15) is 0 Å². The van der Waals surface area contributed by atoms with Gasteiger partial charge >= 0.3 is 0 Å². The normalized spacial score (nSPS) is 12.2. The molecule has 0 spiro atoms. The van der Waals surface area contributed by atoms with Gasteiger partial charge in [0.25, 0.3) is 5.91 Å². The lowest BCUT2D eigenvalue weighted by Crippen LogP contribution is -2.12. The molecule has 142 valence electrons. The smallest absolute Gasteiger partial charge is 0.272 e. The number of halogens is 1. The Hall–Kier alpha value is -2.77. The van der Waals surface area contributed by atoms with Crippen molar-refractivity contribution in [2.45, 2.75) is 17.3 Å². The number of amides is 1. The van der Waals surface area contributed by atoms with Crippen molar-refractivity contribution >= 4 is 45.9 Å². The molecule has 28 heavy (non-hydrogen) atoms. The largest absolute Gasteiger partial charge is 0.350 e. The van der Waals surface area contributed by atoms with E-state index in [0.29, 0.717) is 10.7 Å². The molecule has 6 nitrogen and oxygen atoms in total. The highest BCUT2D eigenvalue weighted by atomic mass is 35.5. The number of benzene rings is 2. The molecule has 0 saturated heterocycles. The molecule has 0 fully saturated rings. The minimum atomic E-state index is -0.210. The highest BCUT2D eigenvalue weighted by Gasteiger charge is 2.14. The first-order valence-corrected chi connectivity index (χ1v) is 9.96. The van der Waals surface area contributed by atoms with Crippen LogP contribution in [0.4, 0.5) is 5.69 Å². The molecule has 0 aliphatic heterocycles. The van der Waals surface area contributed by atoms with Crippen molar-refractivity contribution in [2.24, 2.45) is 7.05 Å². The van der Waals surface area contributed by atoms with Crippen molar-refractivity contribution in [1.29, 1.82) is 0 Å². The van der Waals surface area contributed by atoms with Crippen molar-refractivity contribution < 1.29 is 4.79 Å². The predicted molar refractivity (Wildman–Crippen MR) is 113 cm³/mol. The molecule has 1 atom stereocenters. The van der Waals surface area contributed by atoms with E-state index in [1.807, 2.05) is 48.0 Å². The highest BCUT2D eigenvalue weighted by molar-refractivity contribution is 7.99. The number of thioether (sulfide) groups is 1. The molecule has 2 heterocycles. The molecule has 0 aliphatic carbocycles. The maximum Gasteiger partial charge on any atom is 0.272 e. The number of nitrogens with zero attached hydrogens (tertiary/aromatic N) is 3. The molecular formula is C20H18ClN5OS. The average molecular weight is 412 g/mol. The van der Waals surface area contributed by atoms with E-state index in [4.69, 9.17) is 11.6 Å². The maximum absolute atomic E-state index is 12.7. The van der Waals surface area contributed by atoms with Gasteiger partial charge < -0.3 is 14.9 Å². The summed E-state index contributed by atoms with van der Waals surface area (Å²) in [5, 5.41) is 13.4. The first-order valence-electron chi connectivity index (χ1n) is 8.70. The van der Waals surface area contributed by atoms with Crippen LogP contribution in [0.2, 0.25) is 5.02 Å². The molecular weight excluding hydrogens is 394 g/mol. The minimum absolute atomic E-state index is 0.159. The molecule has 0 radical (unpaired) electrons. The lowest BCUT2D eigenvalue weighted by molar-refractivity contribution is 0.102. The Labute approximate surface area is 171 Å². The predicted octanol–water partition coefficient (Wildman–Crippen LogP) is 5.06. The molecule has 2 N–H and O–H groups in total. The van der Waals surface area contributed by atoms with Crippen LogP contribution < -0.4 is 5.32 Å². The van der Waals surface area contributed by atoms with Crippen LogP contribution in [0.1, 0.15) is 28.2 Å². The molecule has 8 heteroatoms. The Balaban J connectivity index is 1.51. The number of aromatic amines is 1. The van der Waals surface area contributed by atoms with E-state index >= 15 is 0 Å². The Bertz CT molecular complexity index is 1150. The number of hydrogen-bond acceptors (Lipinski definition) is 4. The quantitative estimate of drug-likeness (QED) is 0.450. The molecule has 0 aliphatic rings. The van der Waals surface area contributed by atoms with Gasteiger partial charge in [0.15, 0.2) is 5.16 Å². The van der Waals surface area contributed by atoms with Gasteiger partial charge in [-0.05, 0) is 42.8 Å². The first kappa shape index (κ1) is 18.6. The van der Waals surface area contributed by atoms with E-state index in [0.717, 1.165) is 27.3 Å². The number of nitrogens with one attached hydrogen (secondary N) is 2. The van der Waals surface area contributed by atoms with E-state index in [1.54, 1.807) is 30.2 Å². The van der Waals surface area contributed by atoms with Crippen molar-refractivity contribution in [3.8, 4) is 0 Å². The number of aryl methyl sites for hydroxylation is 1. The summed E-state index contributed by atoms with van der Waals surface area (Å²) in [6.07, 6.45) is 1.68. The summed E-state index contributed by atoms with van der Waals surface area (Å²) in [4.78, 5) is 15.8. The number of carbonyl (C=O) groups is 1. The molecule has 0 unspecified atom stereocenters. The zero-order valence-corrected chi connectivity index (χ0v) is 16.9. The Morgan fingerprint density at radius 2 is 2.07 bits per heavy atom. The third-order valence-electron chi connectivity index (χ3n) is 4.42. The summed E-state index contributed by atoms with van der Waals surface area (Å²) in [6.45, 7) is 2.10. The van der Waals surface area contributed by atoms with E-state index in [1.165, 1.54) is 0 Å². The van der Waals surface area contributed by atoms with Gasteiger partial charge in [-0.25, -0.2) is 0 Å². The van der Waals surface area contributed by atoms with Gasteiger partial charge in [0.1, 0.15) is 12.0 Å². The van der Waals surface area contributed by atoms with Crippen molar-refractivity contribution in [2.75, 3.05) is 5.32 Å². The van der Waals surface area contributed by atoms with E-state index in [-0.39, 0.29) is 11.2 Å². The van der Waals surface area contributed by atoms with Crippen LogP contribution in [0.5, 0.6) is 0 Å². The van der Waals surface area contributed by atoms with Crippen LogP contribution in [0.25, 0.3) is 10.9 Å². The van der Waals surface area contributed by atoms with Gasteiger partial charge in [-0.1, -0.05) is 41.6 Å². The molecule has 4 aromatic rings. The number of rotatable bonds is 5. The van der Waals surface area contributed by atoms with Crippen LogP contribution >= 0.6 is 23.4 Å². The SMILES string of the molecule is C[C@H](Sc1nncn1C)c1cccc(NC(=O)c2cc3c(Cl)cccc3[nH]2)c1. The highest BCUT2D eigenvalue weighted by Crippen LogP contribution is 2.34. The fourth-order valence-electron chi connectivity index (χ4n) is 2.91. The van der Waals surface area contributed by atoms with Gasteiger partial charge in [-0.15, -0.1) is 10.2 Å². The van der Waals surface area contributed by atoms with Crippen LogP contribution in [0.15, 0.2) is 60.0 Å². The monoisotopic (exact) mass is 411 g/mol. The second-order valence-electron chi connectivity index (χ2n) is 6.45. The van der Waals surface area contributed by atoms with E-state index < -0.39 is 0 Å².